The zero-order chi connectivity index (χ0) is 24.9. The molecule has 0 saturated heterocycles. The van der Waals surface area contributed by atoms with Gasteiger partial charge in [0.05, 0.1) is 5.69 Å². The highest BCUT2D eigenvalue weighted by Gasteiger charge is 2.21. The van der Waals surface area contributed by atoms with Crippen LogP contribution in [0.25, 0.3) is 0 Å². The molecule has 3 aromatic rings. The van der Waals surface area contributed by atoms with Crippen LogP contribution in [0.5, 0.6) is 5.75 Å². The highest BCUT2D eigenvalue weighted by molar-refractivity contribution is 5.62. The highest BCUT2D eigenvalue weighted by atomic mass is 16.5. The lowest BCUT2D eigenvalue weighted by atomic mass is 9.92. The Labute approximate surface area is 204 Å². The second kappa shape index (κ2) is 10.9. The molecule has 0 fully saturated rings. The third-order valence-corrected chi connectivity index (χ3v) is 6.01. The van der Waals surface area contributed by atoms with Gasteiger partial charge in [0.25, 0.3) is 0 Å². The van der Waals surface area contributed by atoms with Crippen molar-refractivity contribution in [2.75, 3.05) is 50.1 Å². The number of benzene rings is 1. The second-order valence-corrected chi connectivity index (χ2v) is 9.47. The zero-order valence-corrected chi connectivity index (χ0v) is 21.9. The van der Waals surface area contributed by atoms with E-state index in [9.17, 15) is 0 Å². The fraction of sp³-hybridized carbons (Fsp3) is 0.500. The second-order valence-electron chi connectivity index (χ2n) is 9.47. The molecule has 0 N–H and O–H groups in total. The van der Waals surface area contributed by atoms with Crippen molar-refractivity contribution in [2.24, 2.45) is 7.05 Å². The zero-order valence-electron chi connectivity index (χ0n) is 21.9. The SMILES string of the molecule is CCN(CC)CCOc1cccc(N(C)c2nccc(N(C)c3cc(C(C)(C)C)nn3C)n2)c1. The Bertz CT molecular complexity index is 1070. The number of hydrogen-bond acceptors (Lipinski definition) is 7. The molecule has 0 aliphatic heterocycles. The monoisotopic (exact) mass is 465 g/mol. The van der Waals surface area contributed by atoms with Crippen LogP contribution >= 0.6 is 0 Å². The third kappa shape index (κ3) is 6.05. The first-order valence-corrected chi connectivity index (χ1v) is 11.9. The summed E-state index contributed by atoms with van der Waals surface area (Å²) in [6.45, 7) is 14.5. The Kier molecular flexibility index (Phi) is 8.15. The third-order valence-electron chi connectivity index (χ3n) is 6.01. The Morgan fingerprint density at radius 3 is 2.38 bits per heavy atom. The molecule has 8 heteroatoms. The molecule has 3 rings (SSSR count). The highest BCUT2D eigenvalue weighted by Crippen LogP contribution is 2.30. The summed E-state index contributed by atoms with van der Waals surface area (Å²) in [6.07, 6.45) is 1.79. The summed E-state index contributed by atoms with van der Waals surface area (Å²) in [4.78, 5) is 15.7. The van der Waals surface area contributed by atoms with Gasteiger partial charge in [0.1, 0.15) is 24.0 Å². The van der Waals surface area contributed by atoms with Crippen molar-refractivity contribution < 1.29 is 4.74 Å². The predicted molar refractivity (Wildman–Crippen MR) is 140 cm³/mol. The molecule has 0 unspecified atom stereocenters. The number of rotatable bonds is 10. The average Bonchev–Trinajstić information content (AvgIpc) is 3.23. The Hall–Kier alpha value is -3.13. The van der Waals surface area contributed by atoms with Crippen molar-refractivity contribution >= 4 is 23.3 Å². The van der Waals surface area contributed by atoms with Crippen LogP contribution in [-0.2, 0) is 12.5 Å². The van der Waals surface area contributed by atoms with Gasteiger partial charge in [-0.15, -0.1) is 0 Å². The number of hydrogen-bond donors (Lipinski definition) is 0. The summed E-state index contributed by atoms with van der Waals surface area (Å²) in [6, 6.07) is 12.1. The van der Waals surface area contributed by atoms with Crippen molar-refractivity contribution in [3.63, 3.8) is 0 Å². The van der Waals surface area contributed by atoms with Gasteiger partial charge in [-0.05, 0) is 31.3 Å². The molecule has 0 radical (unpaired) electrons. The summed E-state index contributed by atoms with van der Waals surface area (Å²) in [7, 11) is 5.93. The first kappa shape index (κ1) is 25.5. The minimum Gasteiger partial charge on any atom is -0.492 e. The van der Waals surface area contributed by atoms with Gasteiger partial charge in [-0.2, -0.15) is 10.1 Å². The van der Waals surface area contributed by atoms with Gasteiger partial charge in [-0.3, -0.25) is 4.68 Å². The van der Waals surface area contributed by atoms with Gasteiger partial charge in [0.15, 0.2) is 0 Å². The summed E-state index contributed by atoms with van der Waals surface area (Å²) >= 11 is 0. The topological polar surface area (TPSA) is 62.6 Å². The fourth-order valence-corrected chi connectivity index (χ4v) is 3.67. The molecule has 0 spiro atoms. The van der Waals surface area contributed by atoms with Crippen LogP contribution in [0.15, 0.2) is 42.6 Å². The van der Waals surface area contributed by atoms with Crippen LogP contribution in [0.2, 0.25) is 0 Å². The first-order valence-electron chi connectivity index (χ1n) is 11.9. The van der Waals surface area contributed by atoms with E-state index in [0.717, 1.165) is 48.4 Å². The van der Waals surface area contributed by atoms with E-state index in [-0.39, 0.29) is 5.41 Å². The molecule has 0 amide bonds. The Balaban J connectivity index is 1.76. The van der Waals surface area contributed by atoms with Crippen molar-refractivity contribution in [3.8, 4) is 5.75 Å². The standard InChI is InChI=1S/C26H39N7O/c1-9-33(10-2)16-17-34-21-13-11-12-20(18-21)30(6)25-27-15-14-23(28-25)31(7)24-19-22(26(3,4)5)29-32(24)8/h11-15,18-19H,9-10,16-17H2,1-8H3. The number of anilines is 4. The number of nitrogens with zero attached hydrogens (tertiary/aromatic N) is 7. The van der Waals surface area contributed by atoms with Gasteiger partial charge in [0, 0.05) is 57.1 Å². The Morgan fingerprint density at radius 1 is 1.00 bits per heavy atom. The van der Waals surface area contributed by atoms with Crippen molar-refractivity contribution in [3.05, 3.63) is 48.3 Å². The van der Waals surface area contributed by atoms with E-state index in [1.54, 1.807) is 6.20 Å². The first-order chi connectivity index (χ1) is 16.1. The van der Waals surface area contributed by atoms with Gasteiger partial charge in [0.2, 0.25) is 5.95 Å². The minimum absolute atomic E-state index is 0.0215. The van der Waals surface area contributed by atoms with Crippen LogP contribution in [0.3, 0.4) is 0 Å². The van der Waals surface area contributed by atoms with Crippen molar-refractivity contribution in [1.29, 1.82) is 0 Å². The molecule has 34 heavy (non-hydrogen) atoms. The predicted octanol–water partition coefficient (Wildman–Crippen LogP) is 4.76. The molecule has 184 valence electrons. The van der Waals surface area contributed by atoms with Gasteiger partial charge in [-0.1, -0.05) is 40.7 Å². The summed E-state index contributed by atoms with van der Waals surface area (Å²) < 4.78 is 7.90. The van der Waals surface area contributed by atoms with Crippen LogP contribution in [0.1, 0.15) is 40.3 Å². The average molecular weight is 466 g/mol. The largest absolute Gasteiger partial charge is 0.492 e. The van der Waals surface area contributed by atoms with Crippen LogP contribution in [-0.4, -0.2) is 65.0 Å². The number of likely N-dealkylation sites (N-methyl/N-ethyl adjacent to an activating group) is 1. The van der Waals surface area contributed by atoms with E-state index >= 15 is 0 Å². The molecule has 2 heterocycles. The minimum atomic E-state index is -0.0215. The summed E-state index contributed by atoms with van der Waals surface area (Å²) in [5, 5.41) is 4.69. The normalized spacial score (nSPS) is 11.7. The lowest BCUT2D eigenvalue weighted by Crippen LogP contribution is -2.27. The van der Waals surface area contributed by atoms with E-state index in [0.29, 0.717) is 12.6 Å². The molecule has 0 aliphatic carbocycles. The summed E-state index contributed by atoms with van der Waals surface area (Å²) in [5.41, 5.74) is 1.99. The molecule has 0 aliphatic rings. The lowest BCUT2D eigenvalue weighted by molar-refractivity contribution is 0.223. The van der Waals surface area contributed by atoms with E-state index < -0.39 is 0 Å². The lowest BCUT2D eigenvalue weighted by Gasteiger charge is -2.22. The number of aromatic nitrogens is 4. The molecular weight excluding hydrogens is 426 g/mol. The smallest absolute Gasteiger partial charge is 0.231 e. The molecule has 1 aromatic carbocycles. The maximum absolute atomic E-state index is 6.00. The van der Waals surface area contributed by atoms with Crippen LogP contribution in [0.4, 0.5) is 23.3 Å². The Morgan fingerprint density at radius 2 is 1.74 bits per heavy atom. The molecule has 0 saturated carbocycles. The van der Waals surface area contributed by atoms with E-state index in [1.807, 2.05) is 66.0 Å². The van der Waals surface area contributed by atoms with E-state index in [1.165, 1.54) is 0 Å². The van der Waals surface area contributed by atoms with Crippen LogP contribution in [0, 0.1) is 0 Å². The van der Waals surface area contributed by atoms with Crippen LogP contribution < -0.4 is 14.5 Å². The summed E-state index contributed by atoms with van der Waals surface area (Å²) in [5.74, 6) is 3.23. The van der Waals surface area contributed by atoms with Gasteiger partial charge >= 0.3 is 0 Å². The number of ether oxygens (including phenoxy) is 1. The van der Waals surface area contributed by atoms with Crippen molar-refractivity contribution in [1.82, 2.24) is 24.6 Å². The van der Waals surface area contributed by atoms with E-state index in [4.69, 9.17) is 14.8 Å². The number of aryl methyl sites for hydroxylation is 1. The molecular formula is C26H39N7O. The van der Waals surface area contributed by atoms with Gasteiger partial charge < -0.3 is 19.4 Å². The molecule has 0 bridgehead atoms. The van der Waals surface area contributed by atoms with Crippen molar-refractivity contribution in [2.45, 2.75) is 40.0 Å². The molecule has 0 atom stereocenters. The molecule has 2 aromatic heterocycles. The fourth-order valence-electron chi connectivity index (χ4n) is 3.67. The van der Waals surface area contributed by atoms with Gasteiger partial charge in [-0.25, -0.2) is 4.98 Å². The maximum atomic E-state index is 6.00. The maximum Gasteiger partial charge on any atom is 0.231 e. The molecule has 8 nitrogen and oxygen atoms in total. The quantitative estimate of drug-likeness (QED) is 0.428. The van der Waals surface area contributed by atoms with E-state index in [2.05, 4.69) is 50.6 Å².